The minimum Gasteiger partial charge on any atom is -0.455 e. The largest absolute Gasteiger partial charge is 0.455 e. The Morgan fingerprint density at radius 2 is 1.74 bits per heavy atom. The zero-order chi connectivity index (χ0) is 19.4. The number of benzene rings is 2. The zero-order valence-electron chi connectivity index (χ0n) is 15.1. The molecule has 0 spiro atoms. The minimum absolute atomic E-state index is 0.0377. The Kier molecular flexibility index (Phi) is 5.54. The van der Waals surface area contributed by atoms with Crippen LogP contribution >= 0.6 is 0 Å². The summed E-state index contributed by atoms with van der Waals surface area (Å²) in [6.45, 7) is 1.24. The Hall–Kier alpha value is -2.76. The number of carbonyl (C=O) groups excluding carboxylic acids is 2. The highest BCUT2D eigenvalue weighted by Crippen LogP contribution is 2.42. The number of hydrogen-bond acceptors (Lipinski definition) is 3. The molecule has 1 N–H and O–H groups in total. The number of halogens is 2. The number of nitrogens with one attached hydrogen (secondary N) is 1. The molecular formula is C21H21F2NO3. The molecule has 0 unspecified atom stereocenters. The second-order valence-corrected chi connectivity index (χ2v) is 6.90. The smallest absolute Gasteiger partial charge is 0.317 e. The molecule has 6 heteroatoms. The van der Waals surface area contributed by atoms with Crippen LogP contribution in [0.4, 0.5) is 14.5 Å². The molecule has 4 nitrogen and oxygen atoms in total. The molecule has 2 aromatic carbocycles. The quantitative estimate of drug-likeness (QED) is 0.797. The summed E-state index contributed by atoms with van der Waals surface area (Å²) in [6, 6.07) is 10.2. The van der Waals surface area contributed by atoms with Crippen molar-refractivity contribution in [2.75, 3.05) is 11.9 Å². The molecule has 1 saturated carbocycles. The van der Waals surface area contributed by atoms with Crippen molar-refractivity contribution in [3.05, 3.63) is 65.2 Å². The first-order valence-electron chi connectivity index (χ1n) is 8.90. The highest BCUT2D eigenvalue weighted by atomic mass is 19.1. The van der Waals surface area contributed by atoms with Gasteiger partial charge in [0, 0.05) is 0 Å². The van der Waals surface area contributed by atoms with Crippen molar-refractivity contribution < 1.29 is 23.1 Å². The van der Waals surface area contributed by atoms with Crippen molar-refractivity contribution in [1.29, 1.82) is 0 Å². The van der Waals surface area contributed by atoms with Gasteiger partial charge in [-0.05, 0) is 55.2 Å². The maximum atomic E-state index is 13.8. The van der Waals surface area contributed by atoms with Crippen LogP contribution < -0.4 is 5.32 Å². The van der Waals surface area contributed by atoms with Crippen molar-refractivity contribution in [2.24, 2.45) is 0 Å². The summed E-state index contributed by atoms with van der Waals surface area (Å²) in [5.74, 6) is -2.04. The Balaban J connectivity index is 1.66. The highest BCUT2D eigenvalue weighted by molar-refractivity contribution is 5.94. The molecule has 3 rings (SSSR count). The Bertz CT molecular complexity index is 843. The van der Waals surface area contributed by atoms with Crippen LogP contribution in [-0.4, -0.2) is 18.5 Å². The van der Waals surface area contributed by atoms with Crippen molar-refractivity contribution >= 4 is 17.6 Å². The summed E-state index contributed by atoms with van der Waals surface area (Å²) in [6.07, 6.45) is 2.89. The van der Waals surface area contributed by atoms with Crippen molar-refractivity contribution in [3.63, 3.8) is 0 Å². The zero-order valence-corrected chi connectivity index (χ0v) is 15.1. The summed E-state index contributed by atoms with van der Waals surface area (Å²) >= 11 is 0. The number of esters is 1. The van der Waals surface area contributed by atoms with Gasteiger partial charge in [0.25, 0.3) is 5.91 Å². The predicted octanol–water partition coefficient (Wildman–Crippen LogP) is 4.27. The van der Waals surface area contributed by atoms with Gasteiger partial charge in [-0.15, -0.1) is 0 Å². The third-order valence-corrected chi connectivity index (χ3v) is 4.98. The van der Waals surface area contributed by atoms with E-state index in [1.807, 2.05) is 0 Å². The van der Waals surface area contributed by atoms with E-state index in [1.54, 1.807) is 25.1 Å². The van der Waals surface area contributed by atoms with Crippen LogP contribution in [-0.2, 0) is 19.7 Å². The van der Waals surface area contributed by atoms with Crippen LogP contribution in [0.2, 0.25) is 0 Å². The second-order valence-electron chi connectivity index (χ2n) is 6.90. The molecule has 0 bridgehead atoms. The summed E-state index contributed by atoms with van der Waals surface area (Å²) in [4.78, 5) is 24.8. The van der Waals surface area contributed by atoms with Crippen molar-refractivity contribution in [3.8, 4) is 0 Å². The summed E-state index contributed by atoms with van der Waals surface area (Å²) in [5, 5.41) is 2.40. The Morgan fingerprint density at radius 1 is 1.07 bits per heavy atom. The van der Waals surface area contributed by atoms with Crippen LogP contribution in [0, 0.1) is 18.6 Å². The number of carbonyl (C=O) groups is 2. The molecule has 2 aromatic rings. The molecule has 1 fully saturated rings. The summed E-state index contributed by atoms with van der Waals surface area (Å²) in [5.41, 5.74) is 0.606. The number of rotatable bonds is 5. The number of anilines is 1. The molecule has 0 aliphatic heterocycles. The van der Waals surface area contributed by atoms with Crippen LogP contribution in [0.15, 0.2) is 42.5 Å². The fraction of sp³-hybridized carbons (Fsp3) is 0.333. The molecular weight excluding hydrogens is 352 g/mol. The number of aryl methyl sites for hydroxylation is 1. The van der Waals surface area contributed by atoms with Gasteiger partial charge in [-0.25, -0.2) is 8.78 Å². The normalized spacial score (nSPS) is 15.4. The maximum Gasteiger partial charge on any atom is 0.317 e. The van der Waals surface area contributed by atoms with E-state index in [1.165, 1.54) is 24.3 Å². The lowest BCUT2D eigenvalue weighted by molar-refractivity contribution is -0.153. The van der Waals surface area contributed by atoms with Gasteiger partial charge >= 0.3 is 5.97 Å². The first-order chi connectivity index (χ1) is 12.9. The van der Waals surface area contributed by atoms with Gasteiger partial charge in [0.15, 0.2) is 6.61 Å². The van der Waals surface area contributed by atoms with Crippen LogP contribution in [0.1, 0.15) is 36.8 Å². The van der Waals surface area contributed by atoms with E-state index in [4.69, 9.17) is 4.74 Å². The molecule has 0 aromatic heterocycles. The molecule has 0 heterocycles. The highest BCUT2D eigenvalue weighted by Gasteiger charge is 2.44. The van der Waals surface area contributed by atoms with E-state index in [-0.39, 0.29) is 11.5 Å². The van der Waals surface area contributed by atoms with E-state index in [0.29, 0.717) is 18.4 Å². The number of amides is 1. The lowest BCUT2D eigenvalue weighted by atomic mass is 9.79. The average molecular weight is 373 g/mol. The number of ether oxygens (including phenoxy) is 1. The molecule has 1 amide bonds. The molecule has 0 atom stereocenters. The van der Waals surface area contributed by atoms with Gasteiger partial charge < -0.3 is 10.1 Å². The van der Waals surface area contributed by atoms with Crippen molar-refractivity contribution in [1.82, 2.24) is 0 Å². The molecule has 0 saturated heterocycles. The third kappa shape index (κ3) is 4.15. The lowest BCUT2D eigenvalue weighted by Crippen LogP contribution is -2.36. The van der Waals surface area contributed by atoms with Crippen LogP contribution in [0.3, 0.4) is 0 Å². The van der Waals surface area contributed by atoms with E-state index >= 15 is 0 Å². The third-order valence-electron chi connectivity index (χ3n) is 4.98. The van der Waals surface area contributed by atoms with Crippen molar-refractivity contribution in [2.45, 2.75) is 38.0 Å². The van der Waals surface area contributed by atoms with E-state index in [2.05, 4.69) is 5.32 Å². The minimum atomic E-state index is -0.858. The Labute approximate surface area is 156 Å². The van der Waals surface area contributed by atoms with Gasteiger partial charge in [-0.1, -0.05) is 31.0 Å². The molecule has 0 radical (unpaired) electrons. The number of hydrogen-bond donors (Lipinski definition) is 1. The Morgan fingerprint density at radius 3 is 2.37 bits per heavy atom. The van der Waals surface area contributed by atoms with Crippen LogP contribution in [0.25, 0.3) is 0 Å². The molecule has 1 aliphatic carbocycles. The fourth-order valence-corrected chi connectivity index (χ4v) is 3.54. The summed E-state index contributed by atoms with van der Waals surface area (Å²) in [7, 11) is 0. The van der Waals surface area contributed by atoms with E-state index in [9.17, 15) is 18.4 Å². The van der Waals surface area contributed by atoms with Gasteiger partial charge in [0.05, 0.1) is 11.1 Å². The van der Waals surface area contributed by atoms with Gasteiger partial charge in [0.2, 0.25) is 0 Å². The standard InChI is InChI=1S/C21H21F2NO3/c1-14-4-9-18(17(23)12-14)24-19(25)13-27-20(26)21(10-2-3-11-21)15-5-7-16(22)8-6-15/h4-9,12H,2-3,10-11,13H2,1H3,(H,24,25). The van der Waals surface area contributed by atoms with Gasteiger partial charge in [-0.3, -0.25) is 9.59 Å². The molecule has 142 valence electrons. The monoisotopic (exact) mass is 373 g/mol. The average Bonchev–Trinajstić information content (AvgIpc) is 3.14. The topological polar surface area (TPSA) is 55.4 Å². The SMILES string of the molecule is Cc1ccc(NC(=O)COC(=O)C2(c3ccc(F)cc3)CCCC2)c(F)c1. The maximum absolute atomic E-state index is 13.8. The first-order valence-corrected chi connectivity index (χ1v) is 8.90. The van der Waals surface area contributed by atoms with Crippen LogP contribution in [0.5, 0.6) is 0 Å². The fourth-order valence-electron chi connectivity index (χ4n) is 3.54. The molecule has 1 aliphatic rings. The second kappa shape index (κ2) is 7.86. The summed E-state index contributed by atoms with van der Waals surface area (Å²) < 4.78 is 32.3. The van der Waals surface area contributed by atoms with Gasteiger partial charge in [0.1, 0.15) is 11.6 Å². The van der Waals surface area contributed by atoms with E-state index < -0.39 is 29.7 Å². The van der Waals surface area contributed by atoms with E-state index in [0.717, 1.165) is 18.4 Å². The molecule has 27 heavy (non-hydrogen) atoms. The van der Waals surface area contributed by atoms with Gasteiger partial charge in [-0.2, -0.15) is 0 Å². The predicted molar refractivity (Wildman–Crippen MR) is 97.3 cm³/mol. The lowest BCUT2D eigenvalue weighted by Gasteiger charge is -2.27. The first kappa shape index (κ1) is 19.0.